The van der Waals surface area contributed by atoms with Gasteiger partial charge in [0.05, 0.1) is 36.9 Å². The van der Waals surface area contributed by atoms with Crippen LogP contribution in [0.5, 0.6) is 11.6 Å². The Labute approximate surface area is 200 Å². The molecule has 0 spiro atoms. The molecule has 4 N–H and O–H groups in total. The molecule has 0 saturated heterocycles. The molecule has 0 aliphatic carbocycles. The highest BCUT2D eigenvalue weighted by Crippen LogP contribution is 2.35. The number of phenols is 1. The molecular weight excluding hydrogens is 452 g/mol. The second kappa shape index (κ2) is 9.82. The number of carbonyl (C=O) groups excluding carboxylic acids is 2. The third kappa shape index (κ3) is 4.78. The number of nitrogens with zero attached hydrogens (tertiary/aromatic N) is 2. The number of rotatable bonds is 7. The van der Waals surface area contributed by atoms with Crippen LogP contribution in [0.4, 0.5) is 0 Å². The average Bonchev–Trinajstić information content (AvgIpc) is 3.30. The Bertz CT molecular complexity index is 1400. The van der Waals surface area contributed by atoms with Gasteiger partial charge in [-0.2, -0.15) is 0 Å². The fourth-order valence-electron chi connectivity index (χ4n) is 3.67. The Kier molecular flexibility index (Phi) is 6.65. The maximum absolute atomic E-state index is 12.7. The predicted molar refractivity (Wildman–Crippen MR) is 128 cm³/mol. The summed E-state index contributed by atoms with van der Waals surface area (Å²) >= 11 is 0. The molecule has 180 valence electrons. The molecule has 4 rings (SSSR count). The van der Waals surface area contributed by atoms with E-state index in [9.17, 15) is 19.8 Å². The third-order valence-corrected chi connectivity index (χ3v) is 5.50. The van der Waals surface area contributed by atoms with E-state index in [4.69, 9.17) is 4.74 Å². The van der Waals surface area contributed by atoms with Gasteiger partial charge in [-0.1, -0.05) is 6.07 Å². The van der Waals surface area contributed by atoms with Crippen molar-refractivity contribution < 1.29 is 29.3 Å². The van der Waals surface area contributed by atoms with Crippen molar-refractivity contribution in [3.63, 3.8) is 0 Å². The number of fused-ring (bicyclic) bond motifs is 1. The number of methoxy groups -OCH3 is 2. The topological polar surface area (TPSA) is 147 Å². The lowest BCUT2D eigenvalue weighted by Gasteiger charge is -2.18. The van der Waals surface area contributed by atoms with Crippen LogP contribution in [-0.2, 0) is 9.53 Å². The normalized spacial score (nSPS) is 12.7. The van der Waals surface area contributed by atoms with Crippen molar-refractivity contribution in [1.82, 2.24) is 20.3 Å². The van der Waals surface area contributed by atoms with Gasteiger partial charge in [0.1, 0.15) is 11.6 Å². The first-order chi connectivity index (χ1) is 16.8. The summed E-state index contributed by atoms with van der Waals surface area (Å²) < 4.78 is 9.98. The molecule has 0 fully saturated rings. The molecule has 4 aromatic rings. The minimum Gasteiger partial charge on any atom is -0.507 e. The van der Waals surface area contributed by atoms with Gasteiger partial charge in [-0.3, -0.25) is 4.79 Å². The summed E-state index contributed by atoms with van der Waals surface area (Å²) in [5.41, 5.74) is 3.34. The number of hydrogen-bond donors (Lipinski definition) is 4. The Morgan fingerprint density at radius 1 is 1.09 bits per heavy atom. The van der Waals surface area contributed by atoms with Crippen molar-refractivity contribution in [2.24, 2.45) is 0 Å². The number of aromatic nitrogens is 3. The number of amides is 1. The van der Waals surface area contributed by atoms with Crippen molar-refractivity contribution in [2.75, 3.05) is 14.2 Å². The van der Waals surface area contributed by atoms with Crippen LogP contribution in [0.25, 0.3) is 33.5 Å². The van der Waals surface area contributed by atoms with Gasteiger partial charge in [-0.05, 0) is 55.0 Å². The zero-order valence-corrected chi connectivity index (χ0v) is 19.3. The number of H-pyrrole nitrogens is 1. The second-order valence-corrected chi connectivity index (χ2v) is 7.82. The van der Waals surface area contributed by atoms with Crippen molar-refractivity contribution in [3.05, 3.63) is 60.3 Å². The van der Waals surface area contributed by atoms with E-state index in [1.165, 1.54) is 21.1 Å². The van der Waals surface area contributed by atoms with Crippen LogP contribution < -0.4 is 10.1 Å². The molecule has 0 bridgehead atoms. The monoisotopic (exact) mass is 476 g/mol. The minimum absolute atomic E-state index is 0.0199. The van der Waals surface area contributed by atoms with Gasteiger partial charge in [0, 0.05) is 17.3 Å². The number of nitrogens with one attached hydrogen (secondary N) is 2. The molecule has 0 radical (unpaired) electrons. The molecular formula is C25H24N4O6. The van der Waals surface area contributed by atoms with Crippen molar-refractivity contribution in [1.29, 1.82) is 0 Å². The standard InChI is InChI=1S/C25H24N4O6/c1-13(30)21(25(33)35-3)29-23(32)15-6-8-18-19(12-15)28-22(27-18)17-11-14(7-9-20(17)31)16-5-4-10-26-24(16)34-2/h4-13,21,30-31H,1-3H3,(H,27,28)(H,29,32)/t13-,21+/m1/s1. The van der Waals surface area contributed by atoms with Crippen LogP contribution in [0.1, 0.15) is 17.3 Å². The van der Waals surface area contributed by atoms with Crippen LogP contribution >= 0.6 is 0 Å². The van der Waals surface area contributed by atoms with E-state index < -0.39 is 24.0 Å². The van der Waals surface area contributed by atoms with Gasteiger partial charge in [0.25, 0.3) is 5.91 Å². The maximum Gasteiger partial charge on any atom is 0.331 e. The second-order valence-electron chi connectivity index (χ2n) is 7.82. The Balaban J connectivity index is 1.67. The Hall–Kier alpha value is -4.44. The summed E-state index contributed by atoms with van der Waals surface area (Å²) in [6.45, 7) is 1.38. The number of imidazole rings is 1. The number of esters is 1. The first-order valence-electron chi connectivity index (χ1n) is 10.7. The fraction of sp³-hybridized carbons (Fsp3) is 0.200. The van der Waals surface area contributed by atoms with Crippen molar-refractivity contribution in [2.45, 2.75) is 19.1 Å². The number of aromatic hydroxyl groups is 1. The molecule has 2 aromatic carbocycles. The SMILES string of the molecule is COC(=O)[C@@H](NC(=O)c1ccc2[nH]c(-c3cc(-c4cccnc4OC)ccc3O)nc2c1)[C@@H](C)O. The van der Waals surface area contributed by atoms with Gasteiger partial charge in [-0.15, -0.1) is 0 Å². The van der Waals surface area contributed by atoms with E-state index in [-0.39, 0.29) is 11.3 Å². The summed E-state index contributed by atoms with van der Waals surface area (Å²) in [5, 5.41) is 22.8. The first kappa shape index (κ1) is 23.7. The Morgan fingerprint density at radius 2 is 1.89 bits per heavy atom. The van der Waals surface area contributed by atoms with Gasteiger partial charge in [0.2, 0.25) is 5.88 Å². The smallest absolute Gasteiger partial charge is 0.331 e. The van der Waals surface area contributed by atoms with Crippen molar-refractivity contribution in [3.8, 4) is 34.1 Å². The summed E-state index contributed by atoms with van der Waals surface area (Å²) in [6, 6.07) is 12.3. The van der Waals surface area contributed by atoms with Crippen LogP contribution in [-0.4, -0.2) is 63.4 Å². The van der Waals surface area contributed by atoms with E-state index in [0.29, 0.717) is 28.3 Å². The van der Waals surface area contributed by atoms with Gasteiger partial charge in [-0.25, -0.2) is 14.8 Å². The minimum atomic E-state index is -1.21. The Morgan fingerprint density at radius 3 is 2.60 bits per heavy atom. The summed E-state index contributed by atoms with van der Waals surface area (Å²) in [6.07, 6.45) is 0.492. The molecule has 0 unspecified atom stereocenters. The van der Waals surface area contributed by atoms with Gasteiger partial charge in [0.15, 0.2) is 6.04 Å². The van der Waals surface area contributed by atoms with E-state index >= 15 is 0 Å². The number of carbonyl (C=O) groups is 2. The van der Waals surface area contributed by atoms with Crippen LogP contribution in [0.3, 0.4) is 0 Å². The number of hydrogen-bond acceptors (Lipinski definition) is 8. The summed E-state index contributed by atoms with van der Waals surface area (Å²) in [7, 11) is 2.71. The maximum atomic E-state index is 12.7. The molecule has 10 heteroatoms. The number of benzene rings is 2. The number of pyridine rings is 1. The van der Waals surface area contributed by atoms with E-state index in [2.05, 4.69) is 25.0 Å². The quantitative estimate of drug-likeness (QED) is 0.298. The summed E-state index contributed by atoms with van der Waals surface area (Å²) in [4.78, 5) is 36.4. The van der Waals surface area contributed by atoms with E-state index in [1.54, 1.807) is 48.7 Å². The molecule has 2 aromatic heterocycles. The zero-order chi connectivity index (χ0) is 25.1. The highest BCUT2D eigenvalue weighted by atomic mass is 16.5. The first-order valence-corrected chi connectivity index (χ1v) is 10.7. The van der Waals surface area contributed by atoms with E-state index in [1.807, 2.05) is 6.07 Å². The van der Waals surface area contributed by atoms with Crippen LogP contribution in [0, 0.1) is 0 Å². The largest absolute Gasteiger partial charge is 0.507 e. The van der Waals surface area contributed by atoms with Crippen LogP contribution in [0.15, 0.2) is 54.7 Å². The number of phenolic OH excluding ortho intramolecular Hbond substituents is 1. The van der Waals surface area contributed by atoms with Crippen molar-refractivity contribution >= 4 is 22.9 Å². The lowest BCUT2D eigenvalue weighted by molar-refractivity contribution is -0.145. The number of aliphatic hydroxyl groups is 1. The third-order valence-electron chi connectivity index (χ3n) is 5.50. The van der Waals surface area contributed by atoms with E-state index in [0.717, 1.165) is 11.1 Å². The molecule has 0 aliphatic heterocycles. The summed E-state index contributed by atoms with van der Waals surface area (Å²) in [5.74, 6) is -0.451. The molecule has 0 saturated carbocycles. The predicted octanol–water partition coefficient (Wildman–Crippen LogP) is 2.66. The fourth-order valence-corrected chi connectivity index (χ4v) is 3.67. The van der Waals surface area contributed by atoms with Gasteiger partial charge < -0.3 is 30.0 Å². The number of ether oxygens (including phenoxy) is 2. The molecule has 2 atom stereocenters. The molecule has 35 heavy (non-hydrogen) atoms. The zero-order valence-electron chi connectivity index (χ0n) is 19.3. The number of aliphatic hydroxyl groups excluding tert-OH is 1. The number of aromatic amines is 1. The highest BCUT2D eigenvalue weighted by Gasteiger charge is 2.27. The highest BCUT2D eigenvalue weighted by molar-refractivity contribution is 5.99. The molecule has 2 heterocycles. The van der Waals surface area contributed by atoms with Gasteiger partial charge >= 0.3 is 5.97 Å². The van der Waals surface area contributed by atoms with Crippen LogP contribution in [0.2, 0.25) is 0 Å². The molecule has 0 aliphatic rings. The molecule has 1 amide bonds. The molecule has 10 nitrogen and oxygen atoms in total. The lowest BCUT2D eigenvalue weighted by atomic mass is 10.0. The average molecular weight is 476 g/mol. The lowest BCUT2D eigenvalue weighted by Crippen LogP contribution is -2.48.